The van der Waals surface area contributed by atoms with E-state index in [2.05, 4.69) is 20.4 Å². The lowest BCUT2D eigenvalue weighted by atomic mass is 10.2. The maximum Gasteiger partial charge on any atom is 0.338 e. The van der Waals surface area contributed by atoms with Crippen LogP contribution in [0.1, 0.15) is 17.3 Å². The lowest BCUT2D eigenvalue weighted by Gasteiger charge is -2.03. The maximum absolute atomic E-state index is 13.3. The molecule has 2 heterocycles. The molecule has 0 atom stereocenters. The van der Waals surface area contributed by atoms with Gasteiger partial charge in [-0.05, 0) is 37.3 Å². The van der Waals surface area contributed by atoms with E-state index in [0.717, 1.165) is 12.1 Å². The number of anilines is 2. The second kappa shape index (κ2) is 6.10. The van der Waals surface area contributed by atoms with E-state index >= 15 is 0 Å². The van der Waals surface area contributed by atoms with Gasteiger partial charge in [0, 0.05) is 11.8 Å². The molecule has 132 valence electrons. The van der Waals surface area contributed by atoms with E-state index in [9.17, 15) is 13.6 Å². The highest BCUT2D eigenvalue weighted by Crippen LogP contribution is 2.21. The molecule has 2 aromatic carbocycles. The molecule has 0 unspecified atom stereocenters. The number of nitrogens with zero attached hydrogens (tertiary/aromatic N) is 3. The average molecular weight is 357 g/mol. The summed E-state index contributed by atoms with van der Waals surface area (Å²) in [5.41, 5.74) is 2.03. The summed E-state index contributed by atoms with van der Waals surface area (Å²) < 4.78 is 32.9. The molecule has 9 heteroatoms. The first-order chi connectivity index (χ1) is 12.5. The molecule has 4 aromatic rings. The predicted octanol–water partition coefficient (Wildman–Crippen LogP) is 3.41. The molecule has 2 N–H and O–H groups in total. The standard InChI is InChI=1S/C17H13F2N5O2/c1-2-26-15(25)9-3-6-14-13(7-9)21-17-22-16(23-24(14)17)20-10-4-5-11(18)12(19)8-10/h3-8H,2H2,1H3,(H2,20,21,22,23). The number of aromatic amines is 1. The Balaban J connectivity index is 1.67. The number of hydrogen-bond acceptors (Lipinski definition) is 5. The number of halogens is 2. The molecule has 0 aliphatic rings. The number of H-pyrrole nitrogens is 1. The summed E-state index contributed by atoms with van der Waals surface area (Å²) >= 11 is 0. The molecule has 26 heavy (non-hydrogen) atoms. The van der Waals surface area contributed by atoms with Crippen molar-refractivity contribution in [3.05, 3.63) is 53.6 Å². The van der Waals surface area contributed by atoms with Crippen LogP contribution in [0.15, 0.2) is 36.4 Å². The molecule has 0 bridgehead atoms. The van der Waals surface area contributed by atoms with E-state index in [1.165, 1.54) is 6.07 Å². The Hall–Kier alpha value is -3.49. The topological polar surface area (TPSA) is 84.3 Å². The molecule has 4 rings (SSSR count). The van der Waals surface area contributed by atoms with Crippen molar-refractivity contribution in [2.24, 2.45) is 0 Å². The van der Waals surface area contributed by atoms with Crippen LogP contribution < -0.4 is 5.32 Å². The summed E-state index contributed by atoms with van der Waals surface area (Å²) in [7, 11) is 0. The van der Waals surface area contributed by atoms with Gasteiger partial charge in [-0.1, -0.05) is 0 Å². The van der Waals surface area contributed by atoms with Crippen LogP contribution in [0.4, 0.5) is 20.4 Å². The fraction of sp³-hybridized carbons (Fsp3) is 0.118. The van der Waals surface area contributed by atoms with Crippen molar-refractivity contribution in [3.63, 3.8) is 0 Å². The largest absolute Gasteiger partial charge is 0.462 e. The minimum Gasteiger partial charge on any atom is -0.462 e. The van der Waals surface area contributed by atoms with Gasteiger partial charge in [0.25, 0.3) is 5.78 Å². The maximum atomic E-state index is 13.3. The van der Waals surface area contributed by atoms with Crippen LogP contribution in [-0.4, -0.2) is 32.2 Å². The van der Waals surface area contributed by atoms with Gasteiger partial charge < -0.3 is 10.1 Å². The monoisotopic (exact) mass is 357 g/mol. The second-order valence-electron chi connectivity index (χ2n) is 5.50. The van der Waals surface area contributed by atoms with Crippen LogP contribution in [-0.2, 0) is 4.74 Å². The molecule has 0 saturated heterocycles. The lowest BCUT2D eigenvalue weighted by Crippen LogP contribution is -2.04. The summed E-state index contributed by atoms with van der Waals surface area (Å²) in [6, 6.07) is 8.44. The summed E-state index contributed by atoms with van der Waals surface area (Å²) in [5, 5.41) is 5.82. The van der Waals surface area contributed by atoms with Crippen molar-refractivity contribution < 1.29 is 18.3 Å². The summed E-state index contributed by atoms with van der Waals surface area (Å²) in [5.74, 6) is -1.61. The number of nitrogens with one attached hydrogen (secondary N) is 2. The zero-order chi connectivity index (χ0) is 18.3. The normalized spacial score (nSPS) is 11.2. The van der Waals surface area contributed by atoms with Crippen molar-refractivity contribution in [2.75, 3.05) is 11.9 Å². The molecule has 0 aliphatic carbocycles. The SMILES string of the molecule is CCOC(=O)c1ccc2c(c1)nc1nc(Nc3ccc(F)c(F)c3)[nH]n12. The van der Waals surface area contributed by atoms with Crippen molar-refractivity contribution in [3.8, 4) is 0 Å². The molecule has 0 saturated carbocycles. The number of rotatable bonds is 4. The van der Waals surface area contributed by atoms with Gasteiger partial charge >= 0.3 is 5.97 Å². The quantitative estimate of drug-likeness (QED) is 0.547. The number of fused-ring (bicyclic) bond motifs is 3. The molecular formula is C17H13F2N5O2. The summed E-state index contributed by atoms with van der Waals surface area (Å²) in [6.07, 6.45) is 0. The molecule has 0 radical (unpaired) electrons. The van der Waals surface area contributed by atoms with Crippen molar-refractivity contribution in [2.45, 2.75) is 6.92 Å². The fourth-order valence-corrected chi connectivity index (χ4v) is 2.59. The van der Waals surface area contributed by atoms with Crippen LogP contribution in [0.25, 0.3) is 16.8 Å². The predicted molar refractivity (Wildman–Crippen MR) is 90.4 cm³/mol. The highest BCUT2D eigenvalue weighted by Gasteiger charge is 2.14. The smallest absolute Gasteiger partial charge is 0.338 e. The van der Waals surface area contributed by atoms with Gasteiger partial charge in [0.15, 0.2) is 11.6 Å². The number of ether oxygens (including phenoxy) is 1. The van der Waals surface area contributed by atoms with Crippen molar-refractivity contribution in [1.29, 1.82) is 0 Å². The Morgan fingerprint density at radius 3 is 2.81 bits per heavy atom. The van der Waals surface area contributed by atoms with Gasteiger partial charge in [-0.2, -0.15) is 4.98 Å². The number of benzene rings is 2. The van der Waals surface area contributed by atoms with Crippen LogP contribution >= 0.6 is 0 Å². The third kappa shape index (κ3) is 2.73. The number of carbonyl (C=O) groups excluding carboxylic acids is 1. The first kappa shape index (κ1) is 16.0. The highest BCUT2D eigenvalue weighted by atomic mass is 19.2. The van der Waals surface area contributed by atoms with Crippen LogP contribution in [0.3, 0.4) is 0 Å². The first-order valence-corrected chi connectivity index (χ1v) is 7.82. The van der Waals surface area contributed by atoms with Crippen LogP contribution in [0, 0.1) is 11.6 Å². The van der Waals surface area contributed by atoms with Gasteiger partial charge in [0.1, 0.15) is 0 Å². The van der Waals surface area contributed by atoms with Crippen molar-refractivity contribution >= 4 is 34.4 Å². The molecule has 0 spiro atoms. The highest BCUT2D eigenvalue weighted by molar-refractivity contribution is 5.94. The number of carbonyl (C=O) groups is 1. The molecule has 0 amide bonds. The zero-order valence-corrected chi connectivity index (χ0v) is 13.6. The third-order valence-corrected chi connectivity index (χ3v) is 3.76. The van der Waals surface area contributed by atoms with E-state index in [1.807, 2.05) is 0 Å². The number of imidazole rings is 1. The second-order valence-corrected chi connectivity index (χ2v) is 5.50. The molecule has 7 nitrogen and oxygen atoms in total. The number of esters is 1. The van der Waals surface area contributed by atoms with Gasteiger partial charge in [0.05, 0.1) is 23.2 Å². The Morgan fingerprint density at radius 1 is 1.19 bits per heavy atom. The van der Waals surface area contributed by atoms with Gasteiger partial charge in [0.2, 0.25) is 5.95 Å². The Morgan fingerprint density at radius 2 is 2.04 bits per heavy atom. The first-order valence-electron chi connectivity index (χ1n) is 7.82. The molecular weight excluding hydrogens is 344 g/mol. The van der Waals surface area contributed by atoms with Gasteiger partial charge in [-0.3, -0.25) is 5.10 Å². The lowest BCUT2D eigenvalue weighted by molar-refractivity contribution is 0.0526. The summed E-state index contributed by atoms with van der Waals surface area (Å²) in [6.45, 7) is 2.03. The van der Waals surface area contributed by atoms with Crippen LogP contribution in [0.5, 0.6) is 0 Å². The van der Waals surface area contributed by atoms with Crippen molar-refractivity contribution in [1.82, 2.24) is 19.6 Å². The molecule has 0 aliphatic heterocycles. The minimum absolute atomic E-state index is 0.293. The van der Waals surface area contributed by atoms with Gasteiger partial charge in [-0.25, -0.2) is 23.1 Å². The van der Waals surface area contributed by atoms with E-state index < -0.39 is 17.6 Å². The summed E-state index contributed by atoms with van der Waals surface area (Å²) in [4.78, 5) is 20.4. The third-order valence-electron chi connectivity index (χ3n) is 3.76. The van der Waals surface area contributed by atoms with Gasteiger partial charge in [-0.15, -0.1) is 0 Å². The van der Waals surface area contributed by atoms with E-state index in [1.54, 1.807) is 29.6 Å². The number of aromatic nitrogens is 4. The molecule has 2 aromatic heterocycles. The van der Waals surface area contributed by atoms with Crippen LogP contribution in [0.2, 0.25) is 0 Å². The Labute approximate surface area is 145 Å². The molecule has 0 fully saturated rings. The minimum atomic E-state index is -0.955. The zero-order valence-electron chi connectivity index (χ0n) is 13.6. The Bertz CT molecular complexity index is 1140. The van der Waals surface area contributed by atoms with E-state index in [-0.39, 0.29) is 0 Å². The number of hydrogen-bond donors (Lipinski definition) is 2. The van der Waals surface area contributed by atoms with E-state index in [0.29, 0.717) is 40.6 Å². The average Bonchev–Trinajstić information content (AvgIpc) is 3.14. The van der Waals surface area contributed by atoms with E-state index in [4.69, 9.17) is 4.74 Å². The fourth-order valence-electron chi connectivity index (χ4n) is 2.59. The Kier molecular flexibility index (Phi) is 3.76.